The molecule has 0 aliphatic carbocycles. The highest BCUT2D eigenvalue weighted by atomic mass is 79.9. The van der Waals surface area contributed by atoms with Crippen LogP contribution >= 0.6 is 15.9 Å². The molecule has 0 saturated carbocycles. The van der Waals surface area contributed by atoms with Crippen LogP contribution in [0.2, 0.25) is 0 Å². The number of hydrogen-bond donors (Lipinski definition) is 1. The highest BCUT2D eigenvalue weighted by molar-refractivity contribution is 9.10. The number of likely N-dealkylation sites (tertiary alicyclic amines) is 1. The van der Waals surface area contributed by atoms with E-state index < -0.39 is 0 Å². The number of nitrogens with two attached hydrogens (primary N) is 1. The maximum atomic E-state index is 12.8. The minimum atomic E-state index is 0.0705. The Morgan fingerprint density at radius 3 is 2.74 bits per heavy atom. The topological polar surface area (TPSA) is 64.2 Å². The first kappa shape index (κ1) is 16.2. The third kappa shape index (κ3) is 3.19. The lowest BCUT2D eigenvalue weighted by Gasteiger charge is -2.16. The van der Waals surface area contributed by atoms with E-state index in [0.29, 0.717) is 18.0 Å². The van der Waals surface area contributed by atoms with E-state index in [1.807, 2.05) is 33.8 Å². The summed E-state index contributed by atoms with van der Waals surface area (Å²) in [6.45, 7) is 4.23. The quantitative estimate of drug-likeness (QED) is 0.891. The van der Waals surface area contributed by atoms with Crippen molar-refractivity contribution in [2.24, 2.45) is 11.7 Å². The third-order valence-electron chi connectivity index (χ3n) is 4.41. The molecule has 23 heavy (non-hydrogen) atoms. The molecule has 5 nitrogen and oxygen atoms in total. The predicted octanol–water partition coefficient (Wildman–Crippen LogP) is 2.62. The van der Waals surface area contributed by atoms with Gasteiger partial charge in [0, 0.05) is 17.6 Å². The predicted molar refractivity (Wildman–Crippen MR) is 93.7 cm³/mol. The highest BCUT2D eigenvalue weighted by Crippen LogP contribution is 2.22. The van der Waals surface area contributed by atoms with E-state index in [0.717, 1.165) is 41.8 Å². The molecule has 1 saturated heterocycles. The van der Waals surface area contributed by atoms with Crippen molar-refractivity contribution < 1.29 is 4.79 Å². The van der Waals surface area contributed by atoms with E-state index in [4.69, 9.17) is 5.73 Å². The molecule has 1 amide bonds. The second-order valence-electron chi connectivity index (χ2n) is 5.89. The molecular formula is C17H21BrN4O. The van der Waals surface area contributed by atoms with Crippen molar-refractivity contribution in [2.45, 2.75) is 19.8 Å². The molecule has 1 unspecified atom stereocenters. The van der Waals surface area contributed by atoms with Gasteiger partial charge in [0.2, 0.25) is 0 Å². The van der Waals surface area contributed by atoms with Gasteiger partial charge in [-0.25, -0.2) is 4.68 Å². The van der Waals surface area contributed by atoms with Gasteiger partial charge in [0.15, 0.2) is 0 Å². The van der Waals surface area contributed by atoms with Crippen molar-refractivity contribution in [3.8, 4) is 5.69 Å². The van der Waals surface area contributed by atoms with E-state index in [-0.39, 0.29) is 5.91 Å². The van der Waals surface area contributed by atoms with Crippen LogP contribution < -0.4 is 5.73 Å². The number of aromatic nitrogens is 2. The molecule has 0 radical (unpaired) electrons. The zero-order valence-corrected chi connectivity index (χ0v) is 14.8. The van der Waals surface area contributed by atoms with E-state index in [1.54, 1.807) is 6.20 Å². The van der Waals surface area contributed by atoms with Gasteiger partial charge in [0.1, 0.15) is 0 Å². The summed E-state index contributed by atoms with van der Waals surface area (Å²) in [5.41, 5.74) is 8.34. The number of amides is 1. The molecule has 6 heteroatoms. The second kappa shape index (κ2) is 6.84. The molecule has 1 aromatic heterocycles. The Hall–Kier alpha value is -1.66. The van der Waals surface area contributed by atoms with Crippen LogP contribution in [-0.4, -0.2) is 40.2 Å². The van der Waals surface area contributed by atoms with Crippen LogP contribution in [0.3, 0.4) is 0 Å². The van der Waals surface area contributed by atoms with Crippen molar-refractivity contribution in [1.82, 2.24) is 14.7 Å². The molecule has 1 aliphatic heterocycles. The van der Waals surface area contributed by atoms with Crippen molar-refractivity contribution in [3.63, 3.8) is 0 Å². The first-order valence-electron chi connectivity index (χ1n) is 7.96. The number of carbonyl (C=O) groups excluding carboxylic acids is 1. The largest absolute Gasteiger partial charge is 0.338 e. The normalized spacial score (nSPS) is 17.7. The van der Waals surface area contributed by atoms with Gasteiger partial charge in [0.05, 0.1) is 23.1 Å². The SMILES string of the molecule is CCc1c(C(=O)N2CCC(CN)C2)cnn1-c1ccc(Br)cc1. The number of carbonyl (C=O) groups is 1. The lowest BCUT2D eigenvalue weighted by molar-refractivity contribution is 0.0786. The summed E-state index contributed by atoms with van der Waals surface area (Å²) in [6, 6.07) is 7.93. The Morgan fingerprint density at radius 2 is 2.13 bits per heavy atom. The van der Waals surface area contributed by atoms with Crippen LogP contribution in [0, 0.1) is 5.92 Å². The molecule has 2 heterocycles. The van der Waals surface area contributed by atoms with Crippen molar-refractivity contribution in [1.29, 1.82) is 0 Å². The number of nitrogens with zero attached hydrogens (tertiary/aromatic N) is 3. The monoisotopic (exact) mass is 376 g/mol. The molecule has 3 rings (SSSR count). The minimum Gasteiger partial charge on any atom is -0.338 e. The fraction of sp³-hybridized carbons (Fsp3) is 0.412. The molecule has 0 bridgehead atoms. The average molecular weight is 377 g/mol. The molecule has 122 valence electrons. The van der Waals surface area contributed by atoms with Crippen molar-refractivity contribution in [2.75, 3.05) is 19.6 Å². The van der Waals surface area contributed by atoms with Crippen molar-refractivity contribution >= 4 is 21.8 Å². The molecule has 1 aliphatic rings. The van der Waals surface area contributed by atoms with Crippen molar-refractivity contribution in [3.05, 3.63) is 46.2 Å². The van der Waals surface area contributed by atoms with Gasteiger partial charge >= 0.3 is 0 Å². The fourth-order valence-corrected chi connectivity index (χ4v) is 3.34. The van der Waals surface area contributed by atoms with E-state index in [2.05, 4.69) is 28.0 Å². The summed E-state index contributed by atoms with van der Waals surface area (Å²) >= 11 is 3.44. The van der Waals surface area contributed by atoms with Gasteiger partial charge in [-0.1, -0.05) is 22.9 Å². The van der Waals surface area contributed by atoms with Gasteiger partial charge < -0.3 is 10.6 Å². The number of rotatable bonds is 4. The van der Waals surface area contributed by atoms with Gasteiger partial charge in [0.25, 0.3) is 5.91 Å². The second-order valence-corrected chi connectivity index (χ2v) is 6.80. The number of halogens is 1. The summed E-state index contributed by atoms with van der Waals surface area (Å²) in [5, 5.41) is 4.45. The van der Waals surface area contributed by atoms with E-state index in [1.165, 1.54) is 0 Å². The zero-order valence-electron chi connectivity index (χ0n) is 13.2. The summed E-state index contributed by atoms with van der Waals surface area (Å²) in [7, 11) is 0. The Bertz CT molecular complexity index is 695. The summed E-state index contributed by atoms with van der Waals surface area (Å²) < 4.78 is 2.88. The summed E-state index contributed by atoms with van der Waals surface area (Å²) in [4.78, 5) is 14.7. The van der Waals surface area contributed by atoms with E-state index >= 15 is 0 Å². The Labute approximate surface area is 144 Å². The minimum absolute atomic E-state index is 0.0705. The Morgan fingerprint density at radius 1 is 1.39 bits per heavy atom. The molecule has 1 aromatic carbocycles. The van der Waals surface area contributed by atoms with Gasteiger partial charge in [-0.3, -0.25) is 4.79 Å². The first-order chi connectivity index (χ1) is 11.1. The maximum Gasteiger partial charge on any atom is 0.257 e. The molecule has 2 aromatic rings. The number of hydrogen-bond acceptors (Lipinski definition) is 3. The van der Waals surface area contributed by atoms with E-state index in [9.17, 15) is 4.79 Å². The smallest absolute Gasteiger partial charge is 0.257 e. The lowest BCUT2D eigenvalue weighted by atomic mass is 10.1. The molecule has 1 fully saturated rings. The van der Waals surface area contributed by atoms with Crippen LogP contribution in [0.1, 0.15) is 29.4 Å². The third-order valence-corrected chi connectivity index (χ3v) is 4.94. The highest BCUT2D eigenvalue weighted by Gasteiger charge is 2.28. The van der Waals surface area contributed by atoms with Crippen LogP contribution in [0.25, 0.3) is 5.69 Å². The molecule has 0 spiro atoms. The molecule has 2 N–H and O–H groups in total. The lowest BCUT2D eigenvalue weighted by Crippen LogP contribution is -2.30. The molecule has 1 atom stereocenters. The first-order valence-corrected chi connectivity index (χ1v) is 8.75. The van der Waals surface area contributed by atoms with Gasteiger partial charge in [-0.05, 0) is 49.6 Å². The fourth-order valence-electron chi connectivity index (χ4n) is 3.08. The maximum absolute atomic E-state index is 12.8. The Balaban J connectivity index is 1.89. The van der Waals surface area contributed by atoms with Crippen LogP contribution in [0.15, 0.2) is 34.9 Å². The van der Waals surface area contributed by atoms with Gasteiger partial charge in [-0.15, -0.1) is 0 Å². The van der Waals surface area contributed by atoms with Crippen LogP contribution in [-0.2, 0) is 6.42 Å². The van der Waals surface area contributed by atoms with Gasteiger partial charge in [-0.2, -0.15) is 5.10 Å². The van der Waals surface area contributed by atoms with Crippen LogP contribution in [0.4, 0.5) is 0 Å². The number of benzene rings is 1. The summed E-state index contributed by atoms with van der Waals surface area (Å²) in [6.07, 6.45) is 3.44. The van der Waals surface area contributed by atoms with Crippen LogP contribution in [0.5, 0.6) is 0 Å². The Kier molecular flexibility index (Phi) is 4.82. The summed E-state index contributed by atoms with van der Waals surface area (Å²) in [5.74, 6) is 0.492. The molecular weight excluding hydrogens is 356 g/mol. The zero-order chi connectivity index (χ0) is 16.4. The average Bonchev–Trinajstić information content (AvgIpc) is 3.21. The standard InChI is InChI=1S/C17H21BrN4O/c1-2-16-15(17(23)21-8-7-12(9-19)11-21)10-20-22(16)14-5-3-13(18)4-6-14/h3-6,10,12H,2,7-9,11,19H2,1H3.